The van der Waals surface area contributed by atoms with E-state index in [1.165, 1.54) is 23.2 Å². The van der Waals surface area contributed by atoms with Crippen LogP contribution in [0.4, 0.5) is 5.69 Å². The molecule has 1 heterocycles. The zero-order valence-corrected chi connectivity index (χ0v) is 17.6. The normalized spacial score (nSPS) is 15.5. The largest absolute Gasteiger partial charge is 0.339 e. The quantitative estimate of drug-likeness (QED) is 0.772. The van der Waals surface area contributed by atoms with E-state index in [2.05, 4.69) is 24.3 Å². The lowest BCUT2D eigenvalue weighted by atomic mass is 9.90. The molecule has 0 aliphatic carbocycles. The second kappa shape index (κ2) is 8.35. The number of benzene rings is 2. The molecule has 1 fully saturated rings. The smallest absolute Gasteiger partial charge is 0.254 e. The monoisotopic (exact) mass is 400 g/mol. The zero-order chi connectivity index (χ0) is 20.3. The summed E-state index contributed by atoms with van der Waals surface area (Å²) in [5, 5.41) is 0. The molecule has 1 saturated heterocycles. The van der Waals surface area contributed by atoms with Gasteiger partial charge < -0.3 is 4.90 Å². The molecule has 0 aromatic heterocycles. The third kappa shape index (κ3) is 4.55. The average Bonchev–Trinajstić information content (AvgIpc) is 2.68. The maximum atomic E-state index is 13.1. The van der Waals surface area contributed by atoms with E-state index in [4.69, 9.17) is 0 Å². The number of anilines is 1. The van der Waals surface area contributed by atoms with Gasteiger partial charge in [-0.2, -0.15) is 0 Å². The minimum atomic E-state index is -3.37. The van der Waals surface area contributed by atoms with Crippen molar-refractivity contribution in [1.82, 2.24) is 4.90 Å². The van der Waals surface area contributed by atoms with Crippen molar-refractivity contribution in [3.8, 4) is 0 Å². The van der Waals surface area contributed by atoms with Gasteiger partial charge in [-0.1, -0.05) is 36.4 Å². The summed E-state index contributed by atoms with van der Waals surface area (Å²) in [5.74, 6) is 0.578. The summed E-state index contributed by atoms with van der Waals surface area (Å²) in [5.41, 5.74) is 3.17. The lowest BCUT2D eigenvalue weighted by molar-refractivity contribution is 0.0690. The average molecular weight is 401 g/mol. The molecule has 28 heavy (non-hydrogen) atoms. The highest BCUT2D eigenvalue weighted by Crippen LogP contribution is 2.27. The van der Waals surface area contributed by atoms with E-state index in [9.17, 15) is 13.2 Å². The molecule has 0 bridgehead atoms. The Morgan fingerprint density at radius 1 is 1.07 bits per heavy atom. The Morgan fingerprint density at radius 2 is 1.71 bits per heavy atom. The van der Waals surface area contributed by atoms with Crippen LogP contribution in [0.2, 0.25) is 0 Å². The van der Waals surface area contributed by atoms with E-state index in [0.717, 1.165) is 32.4 Å². The molecular weight excluding hydrogens is 372 g/mol. The van der Waals surface area contributed by atoms with Crippen LogP contribution in [-0.4, -0.2) is 45.6 Å². The van der Waals surface area contributed by atoms with Gasteiger partial charge in [0.25, 0.3) is 5.91 Å². The summed E-state index contributed by atoms with van der Waals surface area (Å²) < 4.78 is 25.0. The van der Waals surface area contributed by atoms with Gasteiger partial charge in [0, 0.05) is 25.7 Å². The van der Waals surface area contributed by atoms with E-state index in [0.29, 0.717) is 22.7 Å². The first kappa shape index (κ1) is 20.4. The fourth-order valence-corrected chi connectivity index (χ4v) is 4.39. The topological polar surface area (TPSA) is 57.7 Å². The minimum Gasteiger partial charge on any atom is -0.339 e. The van der Waals surface area contributed by atoms with Gasteiger partial charge in [-0.3, -0.25) is 9.10 Å². The van der Waals surface area contributed by atoms with Gasteiger partial charge in [0.2, 0.25) is 10.0 Å². The van der Waals surface area contributed by atoms with Gasteiger partial charge in [-0.25, -0.2) is 8.42 Å². The van der Waals surface area contributed by atoms with Crippen LogP contribution in [0.15, 0.2) is 48.5 Å². The minimum absolute atomic E-state index is 0.0144. The Labute approximate surface area is 168 Å². The number of carbonyl (C=O) groups is 1. The molecule has 150 valence electrons. The standard InChI is InChI=1S/C22H28N2O3S/c1-17-20(10-7-11-21(17)23(2)28(3,26)27)22(25)24-14-12-19(13-15-24)16-18-8-5-4-6-9-18/h4-11,19H,12-16H2,1-3H3. The summed E-state index contributed by atoms with van der Waals surface area (Å²) in [4.78, 5) is 15.0. The highest BCUT2D eigenvalue weighted by atomic mass is 32.2. The van der Waals surface area contributed by atoms with Crippen molar-refractivity contribution in [2.24, 2.45) is 5.92 Å². The van der Waals surface area contributed by atoms with Gasteiger partial charge >= 0.3 is 0 Å². The molecular formula is C22H28N2O3S. The van der Waals surface area contributed by atoms with Crippen LogP contribution in [0, 0.1) is 12.8 Å². The van der Waals surface area contributed by atoms with E-state index in [1.54, 1.807) is 18.2 Å². The Kier molecular flexibility index (Phi) is 6.08. The second-order valence-electron chi connectivity index (χ2n) is 7.61. The number of rotatable bonds is 5. The number of hydrogen-bond acceptors (Lipinski definition) is 3. The first-order valence-electron chi connectivity index (χ1n) is 9.64. The Bertz CT molecular complexity index is 934. The number of amides is 1. The fraction of sp³-hybridized carbons (Fsp3) is 0.409. The molecule has 2 aromatic rings. The van der Waals surface area contributed by atoms with Crippen molar-refractivity contribution >= 4 is 21.6 Å². The zero-order valence-electron chi connectivity index (χ0n) is 16.8. The molecule has 1 aliphatic rings. The maximum absolute atomic E-state index is 13.1. The van der Waals surface area contributed by atoms with Crippen molar-refractivity contribution < 1.29 is 13.2 Å². The van der Waals surface area contributed by atoms with Crippen LogP contribution in [0.1, 0.15) is 34.3 Å². The van der Waals surface area contributed by atoms with Crippen LogP contribution in [0.3, 0.4) is 0 Å². The number of piperidine rings is 1. The Balaban J connectivity index is 1.69. The first-order chi connectivity index (χ1) is 13.3. The predicted molar refractivity (Wildman–Crippen MR) is 113 cm³/mol. The molecule has 1 aliphatic heterocycles. The molecule has 5 nitrogen and oxygen atoms in total. The van der Waals surface area contributed by atoms with E-state index >= 15 is 0 Å². The summed E-state index contributed by atoms with van der Waals surface area (Å²) in [6, 6.07) is 15.7. The highest BCUT2D eigenvalue weighted by molar-refractivity contribution is 7.92. The van der Waals surface area contributed by atoms with Crippen LogP contribution < -0.4 is 4.31 Å². The number of sulfonamides is 1. The van der Waals surface area contributed by atoms with Crippen molar-refractivity contribution in [2.45, 2.75) is 26.2 Å². The highest BCUT2D eigenvalue weighted by Gasteiger charge is 2.26. The molecule has 3 rings (SSSR count). The van der Waals surface area contributed by atoms with Crippen LogP contribution >= 0.6 is 0 Å². The number of hydrogen-bond donors (Lipinski definition) is 0. The van der Waals surface area contributed by atoms with E-state index in [1.807, 2.05) is 17.9 Å². The predicted octanol–water partition coefficient (Wildman–Crippen LogP) is 3.49. The summed E-state index contributed by atoms with van der Waals surface area (Å²) >= 11 is 0. The van der Waals surface area contributed by atoms with Gasteiger partial charge in [-0.05, 0) is 55.4 Å². The second-order valence-corrected chi connectivity index (χ2v) is 9.62. The SMILES string of the molecule is Cc1c(C(=O)N2CCC(Cc3ccccc3)CC2)cccc1N(C)S(C)(=O)=O. The number of likely N-dealkylation sites (tertiary alicyclic amines) is 1. The summed E-state index contributed by atoms with van der Waals surface area (Å²) in [6.07, 6.45) is 4.19. The van der Waals surface area contributed by atoms with Crippen LogP contribution in [-0.2, 0) is 16.4 Å². The molecule has 2 aromatic carbocycles. The van der Waals surface area contributed by atoms with Gasteiger partial charge in [0.15, 0.2) is 0 Å². The first-order valence-corrected chi connectivity index (χ1v) is 11.5. The van der Waals surface area contributed by atoms with Crippen LogP contribution in [0.5, 0.6) is 0 Å². The number of nitrogens with zero attached hydrogens (tertiary/aromatic N) is 2. The lowest BCUT2D eigenvalue weighted by Gasteiger charge is -2.33. The van der Waals surface area contributed by atoms with Crippen molar-refractivity contribution in [2.75, 3.05) is 30.7 Å². The molecule has 0 spiro atoms. The Hall–Kier alpha value is -2.34. The van der Waals surface area contributed by atoms with E-state index < -0.39 is 10.0 Å². The molecule has 0 atom stereocenters. The van der Waals surface area contributed by atoms with Crippen molar-refractivity contribution in [1.29, 1.82) is 0 Å². The van der Waals surface area contributed by atoms with Gasteiger partial charge in [0.1, 0.15) is 0 Å². The molecule has 6 heteroatoms. The number of carbonyl (C=O) groups excluding carboxylic acids is 1. The van der Waals surface area contributed by atoms with Crippen molar-refractivity contribution in [3.63, 3.8) is 0 Å². The van der Waals surface area contributed by atoms with Gasteiger partial charge in [-0.15, -0.1) is 0 Å². The van der Waals surface area contributed by atoms with Gasteiger partial charge in [0.05, 0.1) is 11.9 Å². The third-order valence-corrected chi connectivity index (χ3v) is 6.83. The van der Waals surface area contributed by atoms with Crippen LogP contribution in [0.25, 0.3) is 0 Å². The summed E-state index contributed by atoms with van der Waals surface area (Å²) in [6.45, 7) is 3.29. The Morgan fingerprint density at radius 3 is 2.32 bits per heavy atom. The fourth-order valence-electron chi connectivity index (χ4n) is 3.83. The molecule has 0 saturated carbocycles. The summed E-state index contributed by atoms with van der Waals surface area (Å²) in [7, 11) is -1.86. The molecule has 1 amide bonds. The van der Waals surface area contributed by atoms with E-state index in [-0.39, 0.29) is 5.91 Å². The molecule has 0 N–H and O–H groups in total. The molecule has 0 unspecified atom stereocenters. The molecule has 0 radical (unpaired) electrons. The third-order valence-electron chi connectivity index (χ3n) is 5.64. The maximum Gasteiger partial charge on any atom is 0.254 e. The lowest BCUT2D eigenvalue weighted by Crippen LogP contribution is -2.39. The van der Waals surface area contributed by atoms with Crippen molar-refractivity contribution in [3.05, 3.63) is 65.2 Å².